The Hall–Kier alpha value is -2.04. The Morgan fingerprint density at radius 3 is 2.88 bits per heavy atom. The number of amides is 1. The van der Waals surface area contributed by atoms with Crippen LogP contribution < -0.4 is 10.6 Å². The van der Waals surface area contributed by atoms with E-state index in [9.17, 15) is 4.79 Å². The summed E-state index contributed by atoms with van der Waals surface area (Å²) in [5, 5.41) is 6.81. The summed E-state index contributed by atoms with van der Waals surface area (Å²) < 4.78 is 0. The minimum Gasteiger partial charge on any atom is -0.357 e. The highest BCUT2D eigenvalue weighted by Gasteiger charge is 2.25. The first kappa shape index (κ1) is 19.3. The van der Waals surface area contributed by atoms with Gasteiger partial charge in [0.25, 0.3) is 0 Å². The van der Waals surface area contributed by atoms with Crippen LogP contribution >= 0.6 is 0 Å². The maximum atomic E-state index is 11.8. The molecule has 0 saturated carbocycles. The van der Waals surface area contributed by atoms with E-state index in [4.69, 9.17) is 4.99 Å². The first-order valence-corrected chi connectivity index (χ1v) is 9.42. The molecule has 2 atom stereocenters. The molecular formula is C20H32N4O. The molecule has 1 heterocycles. The van der Waals surface area contributed by atoms with Gasteiger partial charge in [0, 0.05) is 44.6 Å². The van der Waals surface area contributed by atoms with Crippen LogP contribution in [0.15, 0.2) is 29.3 Å². The third-order valence-electron chi connectivity index (χ3n) is 4.66. The third kappa shape index (κ3) is 5.76. The number of carbonyl (C=O) groups excluding carboxylic acids is 1. The van der Waals surface area contributed by atoms with Crippen molar-refractivity contribution in [3.63, 3.8) is 0 Å². The Labute approximate surface area is 151 Å². The van der Waals surface area contributed by atoms with E-state index in [1.165, 1.54) is 11.1 Å². The van der Waals surface area contributed by atoms with E-state index in [-0.39, 0.29) is 11.9 Å². The zero-order valence-corrected chi connectivity index (χ0v) is 16.0. The highest BCUT2D eigenvalue weighted by molar-refractivity contribution is 5.80. The summed E-state index contributed by atoms with van der Waals surface area (Å²) in [6.07, 6.45) is 1.55. The average Bonchev–Trinajstić information content (AvgIpc) is 3.07. The SMILES string of the molecule is CCNC(=NCC(C)c1cccc(C)c1)NC1CCN(C(=O)CC)C1. The molecule has 0 bridgehead atoms. The molecule has 0 aromatic heterocycles. The summed E-state index contributed by atoms with van der Waals surface area (Å²) in [5.41, 5.74) is 2.60. The summed E-state index contributed by atoms with van der Waals surface area (Å²) in [6, 6.07) is 8.90. The number of aryl methyl sites for hydroxylation is 1. The average molecular weight is 345 g/mol. The Morgan fingerprint density at radius 2 is 2.20 bits per heavy atom. The molecule has 5 heteroatoms. The molecule has 5 nitrogen and oxygen atoms in total. The number of nitrogens with one attached hydrogen (secondary N) is 2. The molecule has 1 saturated heterocycles. The summed E-state index contributed by atoms with van der Waals surface area (Å²) in [7, 11) is 0. The minimum absolute atomic E-state index is 0.235. The lowest BCUT2D eigenvalue weighted by molar-refractivity contribution is -0.129. The van der Waals surface area contributed by atoms with Gasteiger partial charge in [-0.2, -0.15) is 0 Å². The molecule has 0 radical (unpaired) electrons. The number of nitrogens with zero attached hydrogens (tertiary/aromatic N) is 2. The van der Waals surface area contributed by atoms with Crippen LogP contribution in [-0.2, 0) is 4.79 Å². The predicted molar refractivity (Wildman–Crippen MR) is 104 cm³/mol. The fourth-order valence-corrected chi connectivity index (χ4v) is 3.15. The minimum atomic E-state index is 0.235. The molecule has 1 aromatic carbocycles. The van der Waals surface area contributed by atoms with Gasteiger partial charge in [0.15, 0.2) is 5.96 Å². The van der Waals surface area contributed by atoms with Gasteiger partial charge < -0.3 is 15.5 Å². The van der Waals surface area contributed by atoms with Crippen LogP contribution in [-0.4, -0.2) is 49.0 Å². The second-order valence-corrected chi connectivity index (χ2v) is 6.86. The van der Waals surface area contributed by atoms with Gasteiger partial charge in [-0.05, 0) is 25.8 Å². The van der Waals surface area contributed by atoms with Crippen LogP contribution in [0, 0.1) is 6.92 Å². The molecule has 1 aliphatic heterocycles. The lowest BCUT2D eigenvalue weighted by atomic mass is 10.00. The van der Waals surface area contributed by atoms with Crippen LogP contribution in [0.3, 0.4) is 0 Å². The van der Waals surface area contributed by atoms with Crippen molar-refractivity contribution in [1.82, 2.24) is 15.5 Å². The van der Waals surface area contributed by atoms with Crippen LogP contribution in [0.25, 0.3) is 0 Å². The van der Waals surface area contributed by atoms with Crippen molar-refractivity contribution in [3.05, 3.63) is 35.4 Å². The number of guanidine groups is 1. The molecule has 0 spiro atoms. The van der Waals surface area contributed by atoms with Gasteiger partial charge in [-0.1, -0.05) is 43.7 Å². The number of hydrogen-bond donors (Lipinski definition) is 2. The van der Waals surface area contributed by atoms with Gasteiger partial charge in [0.05, 0.1) is 0 Å². The van der Waals surface area contributed by atoms with Crippen LogP contribution in [0.4, 0.5) is 0 Å². The molecule has 1 aliphatic rings. The largest absolute Gasteiger partial charge is 0.357 e. The standard InChI is InChI=1S/C20H32N4O/c1-5-19(25)24-11-10-18(14-24)23-20(21-6-2)22-13-16(4)17-9-7-8-15(3)12-17/h7-9,12,16,18H,5-6,10-11,13-14H2,1-4H3,(H2,21,22,23). The lowest BCUT2D eigenvalue weighted by Crippen LogP contribution is -2.45. The molecule has 2 rings (SSSR count). The Balaban J connectivity index is 1.93. The Kier molecular flexibility index (Phi) is 7.29. The zero-order chi connectivity index (χ0) is 18.2. The van der Waals surface area contributed by atoms with Crippen molar-refractivity contribution in [3.8, 4) is 0 Å². The quantitative estimate of drug-likeness (QED) is 0.616. The molecule has 0 aliphatic carbocycles. The van der Waals surface area contributed by atoms with Gasteiger partial charge >= 0.3 is 0 Å². The molecule has 138 valence electrons. The first-order valence-electron chi connectivity index (χ1n) is 9.42. The van der Waals surface area contributed by atoms with E-state index in [1.807, 2.05) is 11.8 Å². The number of aliphatic imine (C=N–C) groups is 1. The highest BCUT2D eigenvalue weighted by Crippen LogP contribution is 2.17. The van der Waals surface area contributed by atoms with E-state index in [2.05, 4.69) is 55.7 Å². The van der Waals surface area contributed by atoms with Crippen molar-refractivity contribution in [2.24, 2.45) is 4.99 Å². The molecule has 2 unspecified atom stereocenters. The second-order valence-electron chi connectivity index (χ2n) is 6.86. The first-order chi connectivity index (χ1) is 12.0. The van der Waals surface area contributed by atoms with Gasteiger partial charge in [-0.15, -0.1) is 0 Å². The van der Waals surface area contributed by atoms with Crippen LogP contribution in [0.1, 0.15) is 50.7 Å². The maximum absolute atomic E-state index is 11.8. The molecule has 1 fully saturated rings. The van der Waals surface area contributed by atoms with Gasteiger partial charge in [-0.3, -0.25) is 9.79 Å². The summed E-state index contributed by atoms with van der Waals surface area (Å²) in [4.78, 5) is 18.5. The summed E-state index contributed by atoms with van der Waals surface area (Å²) >= 11 is 0. The molecule has 1 aromatic rings. The van der Waals surface area contributed by atoms with Gasteiger partial charge in [0.2, 0.25) is 5.91 Å². The predicted octanol–water partition coefficient (Wildman–Crippen LogP) is 2.66. The fourth-order valence-electron chi connectivity index (χ4n) is 3.15. The third-order valence-corrected chi connectivity index (χ3v) is 4.66. The van der Waals surface area contributed by atoms with Gasteiger partial charge in [0.1, 0.15) is 0 Å². The normalized spacial score (nSPS) is 19.0. The summed E-state index contributed by atoms with van der Waals surface area (Å²) in [5.74, 6) is 1.45. The molecular weight excluding hydrogens is 312 g/mol. The van der Waals surface area contributed by atoms with Crippen molar-refractivity contribution in [2.75, 3.05) is 26.2 Å². The highest BCUT2D eigenvalue weighted by atomic mass is 16.2. The zero-order valence-electron chi connectivity index (χ0n) is 16.0. The van der Waals surface area contributed by atoms with E-state index < -0.39 is 0 Å². The molecule has 25 heavy (non-hydrogen) atoms. The number of rotatable bonds is 6. The summed E-state index contributed by atoms with van der Waals surface area (Å²) in [6.45, 7) is 11.5. The molecule has 1 amide bonds. The second kappa shape index (κ2) is 9.44. The van der Waals surface area contributed by atoms with Crippen LogP contribution in [0.2, 0.25) is 0 Å². The smallest absolute Gasteiger partial charge is 0.222 e. The van der Waals surface area contributed by atoms with Crippen molar-refractivity contribution in [1.29, 1.82) is 0 Å². The van der Waals surface area contributed by atoms with Crippen LogP contribution in [0.5, 0.6) is 0 Å². The number of likely N-dealkylation sites (tertiary alicyclic amines) is 1. The fraction of sp³-hybridized carbons (Fsp3) is 0.600. The van der Waals surface area contributed by atoms with Crippen molar-refractivity contribution in [2.45, 2.75) is 52.5 Å². The topological polar surface area (TPSA) is 56.7 Å². The number of carbonyl (C=O) groups is 1. The molecule has 2 N–H and O–H groups in total. The lowest BCUT2D eigenvalue weighted by Gasteiger charge is -2.19. The van der Waals surface area contributed by atoms with E-state index in [1.54, 1.807) is 0 Å². The van der Waals surface area contributed by atoms with Crippen molar-refractivity contribution >= 4 is 11.9 Å². The van der Waals surface area contributed by atoms with E-state index >= 15 is 0 Å². The van der Waals surface area contributed by atoms with Crippen molar-refractivity contribution < 1.29 is 4.79 Å². The Bertz CT molecular complexity index is 599. The number of hydrogen-bond acceptors (Lipinski definition) is 2. The number of benzene rings is 1. The Morgan fingerprint density at radius 1 is 1.40 bits per heavy atom. The van der Waals surface area contributed by atoms with E-state index in [0.717, 1.165) is 38.6 Å². The van der Waals surface area contributed by atoms with Gasteiger partial charge in [-0.25, -0.2) is 0 Å². The monoisotopic (exact) mass is 344 g/mol. The van der Waals surface area contributed by atoms with E-state index in [0.29, 0.717) is 12.3 Å². The maximum Gasteiger partial charge on any atom is 0.222 e.